The van der Waals surface area contributed by atoms with Crippen molar-refractivity contribution in [2.24, 2.45) is 16.9 Å². The molecule has 66 valence electrons. The van der Waals surface area contributed by atoms with Gasteiger partial charge >= 0.3 is 0 Å². The van der Waals surface area contributed by atoms with E-state index in [2.05, 4.69) is 4.98 Å². The molecule has 1 saturated carbocycles. The number of nitrogens with two attached hydrogens (primary N) is 2. The SMILES string of the molecule is NCC1(C(N)c2cc[nH]c2)CC1. The third kappa shape index (κ3) is 1.06. The fourth-order valence-electron chi connectivity index (χ4n) is 1.69. The predicted molar refractivity (Wildman–Crippen MR) is 48.4 cm³/mol. The number of H-pyrrole nitrogens is 1. The summed E-state index contributed by atoms with van der Waals surface area (Å²) in [6.07, 6.45) is 6.22. The van der Waals surface area contributed by atoms with Crippen molar-refractivity contribution in [2.45, 2.75) is 18.9 Å². The van der Waals surface area contributed by atoms with Gasteiger partial charge in [-0.2, -0.15) is 0 Å². The van der Waals surface area contributed by atoms with Crippen molar-refractivity contribution >= 4 is 0 Å². The maximum absolute atomic E-state index is 6.09. The van der Waals surface area contributed by atoms with Crippen LogP contribution in [0.1, 0.15) is 24.4 Å². The first-order valence-corrected chi connectivity index (χ1v) is 4.37. The van der Waals surface area contributed by atoms with Gasteiger partial charge in [0.05, 0.1) is 0 Å². The second-order valence-electron chi connectivity index (χ2n) is 3.69. The molecule has 1 atom stereocenters. The highest BCUT2D eigenvalue weighted by molar-refractivity contribution is 5.20. The molecule has 1 aliphatic carbocycles. The van der Waals surface area contributed by atoms with E-state index in [1.54, 1.807) is 0 Å². The number of hydrogen-bond donors (Lipinski definition) is 3. The molecule has 1 aromatic heterocycles. The Kier molecular flexibility index (Phi) is 1.70. The molecule has 1 aromatic rings. The number of hydrogen-bond acceptors (Lipinski definition) is 2. The molecule has 3 heteroatoms. The molecule has 0 bridgehead atoms. The van der Waals surface area contributed by atoms with Crippen molar-refractivity contribution in [3.05, 3.63) is 24.0 Å². The zero-order chi connectivity index (χ0) is 8.60. The molecular weight excluding hydrogens is 150 g/mol. The molecule has 1 heterocycles. The summed E-state index contributed by atoms with van der Waals surface area (Å²) in [6, 6.07) is 2.15. The molecule has 3 nitrogen and oxygen atoms in total. The van der Waals surface area contributed by atoms with Crippen molar-refractivity contribution in [1.29, 1.82) is 0 Å². The van der Waals surface area contributed by atoms with Gasteiger partial charge < -0.3 is 16.5 Å². The van der Waals surface area contributed by atoms with Gasteiger partial charge in [-0.1, -0.05) is 0 Å². The first-order chi connectivity index (χ1) is 5.78. The van der Waals surface area contributed by atoms with Crippen LogP contribution in [0.25, 0.3) is 0 Å². The van der Waals surface area contributed by atoms with Gasteiger partial charge in [0.25, 0.3) is 0 Å². The zero-order valence-electron chi connectivity index (χ0n) is 7.09. The Labute approximate surface area is 72.1 Å². The summed E-state index contributed by atoms with van der Waals surface area (Å²) < 4.78 is 0. The molecule has 0 radical (unpaired) electrons. The van der Waals surface area contributed by atoms with Gasteiger partial charge in [-0.3, -0.25) is 0 Å². The lowest BCUT2D eigenvalue weighted by molar-refractivity contribution is 0.419. The van der Waals surface area contributed by atoms with E-state index in [0.717, 1.165) is 0 Å². The molecule has 5 N–H and O–H groups in total. The van der Waals surface area contributed by atoms with Crippen LogP contribution in [0.2, 0.25) is 0 Å². The summed E-state index contributed by atoms with van der Waals surface area (Å²) in [5, 5.41) is 0. The minimum atomic E-state index is 0.119. The van der Waals surface area contributed by atoms with E-state index in [9.17, 15) is 0 Å². The van der Waals surface area contributed by atoms with Crippen molar-refractivity contribution in [3.63, 3.8) is 0 Å². The monoisotopic (exact) mass is 165 g/mol. The van der Waals surface area contributed by atoms with E-state index < -0.39 is 0 Å². The Balaban J connectivity index is 2.15. The van der Waals surface area contributed by atoms with Crippen molar-refractivity contribution in [3.8, 4) is 0 Å². The molecule has 0 saturated heterocycles. The van der Waals surface area contributed by atoms with Crippen LogP contribution in [0.15, 0.2) is 18.5 Å². The lowest BCUT2D eigenvalue weighted by Crippen LogP contribution is -2.29. The first-order valence-electron chi connectivity index (χ1n) is 4.37. The van der Waals surface area contributed by atoms with Crippen LogP contribution in [-0.2, 0) is 0 Å². The molecule has 1 aliphatic rings. The van der Waals surface area contributed by atoms with Gasteiger partial charge in [-0.25, -0.2) is 0 Å². The standard InChI is InChI=1S/C9H15N3/c10-6-9(2-3-9)8(11)7-1-4-12-5-7/h1,4-5,8,12H,2-3,6,10-11H2. The minimum absolute atomic E-state index is 0.119. The largest absolute Gasteiger partial charge is 0.367 e. The summed E-state index contributed by atoms with van der Waals surface area (Å²) in [5.41, 5.74) is 13.2. The molecule has 0 spiro atoms. The molecule has 2 rings (SSSR count). The van der Waals surface area contributed by atoms with Crippen molar-refractivity contribution < 1.29 is 0 Å². The average molecular weight is 165 g/mol. The Hall–Kier alpha value is -0.800. The van der Waals surface area contributed by atoms with Crippen molar-refractivity contribution in [2.75, 3.05) is 6.54 Å². The summed E-state index contributed by atoms with van der Waals surface area (Å²) in [6.45, 7) is 0.708. The fraction of sp³-hybridized carbons (Fsp3) is 0.556. The Morgan fingerprint density at radius 3 is 2.75 bits per heavy atom. The average Bonchev–Trinajstić information content (AvgIpc) is 2.71. The lowest BCUT2D eigenvalue weighted by Gasteiger charge is -2.20. The third-order valence-corrected chi connectivity index (χ3v) is 2.94. The van der Waals surface area contributed by atoms with Gasteiger partial charge in [0.2, 0.25) is 0 Å². The Bertz CT molecular complexity index is 249. The highest BCUT2D eigenvalue weighted by atomic mass is 14.8. The van der Waals surface area contributed by atoms with Gasteiger partial charge in [-0.15, -0.1) is 0 Å². The number of nitrogens with one attached hydrogen (secondary N) is 1. The highest BCUT2D eigenvalue weighted by Crippen LogP contribution is 2.52. The lowest BCUT2D eigenvalue weighted by atomic mass is 9.93. The minimum Gasteiger partial charge on any atom is -0.367 e. The van der Waals surface area contributed by atoms with Crippen LogP contribution < -0.4 is 11.5 Å². The molecule has 1 fully saturated rings. The second kappa shape index (κ2) is 2.61. The third-order valence-electron chi connectivity index (χ3n) is 2.94. The van der Waals surface area contributed by atoms with E-state index >= 15 is 0 Å². The number of aromatic amines is 1. The van der Waals surface area contributed by atoms with Gasteiger partial charge in [0.15, 0.2) is 0 Å². The van der Waals surface area contributed by atoms with E-state index in [4.69, 9.17) is 11.5 Å². The molecule has 0 amide bonds. The molecule has 12 heavy (non-hydrogen) atoms. The summed E-state index contributed by atoms with van der Waals surface area (Å²) in [5.74, 6) is 0. The summed E-state index contributed by atoms with van der Waals surface area (Å²) >= 11 is 0. The Morgan fingerprint density at radius 1 is 1.58 bits per heavy atom. The molecular formula is C9H15N3. The van der Waals surface area contributed by atoms with Gasteiger partial charge in [0, 0.05) is 23.9 Å². The molecule has 1 unspecified atom stereocenters. The smallest absolute Gasteiger partial charge is 0.0379 e. The zero-order valence-corrected chi connectivity index (χ0v) is 7.09. The first kappa shape index (κ1) is 7.83. The quantitative estimate of drug-likeness (QED) is 0.618. The highest BCUT2D eigenvalue weighted by Gasteiger charge is 2.47. The molecule has 0 aromatic carbocycles. The topological polar surface area (TPSA) is 67.8 Å². The molecule has 0 aliphatic heterocycles. The van der Waals surface area contributed by atoms with E-state index in [1.807, 2.05) is 18.5 Å². The van der Waals surface area contributed by atoms with E-state index in [0.29, 0.717) is 6.54 Å². The van der Waals surface area contributed by atoms with Crippen LogP contribution >= 0.6 is 0 Å². The maximum atomic E-state index is 6.09. The maximum Gasteiger partial charge on any atom is 0.0379 e. The van der Waals surface area contributed by atoms with Crippen LogP contribution in [0.4, 0.5) is 0 Å². The van der Waals surface area contributed by atoms with E-state index in [-0.39, 0.29) is 11.5 Å². The van der Waals surface area contributed by atoms with Crippen molar-refractivity contribution in [1.82, 2.24) is 4.98 Å². The summed E-state index contributed by atoms with van der Waals surface area (Å²) in [4.78, 5) is 3.01. The van der Waals surface area contributed by atoms with Crippen LogP contribution in [0.3, 0.4) is 0 Å². The van der Waals surface area contributed by atoms with Gasteiger partial charge in [-0.05, 0) is 31.0 Å². The van der Waals surface area contributed by atoms with E-state index in [1.165, 1.54) is 18.4 Å². The van der Waals surface area contributed by atoms with Crippen LogP contribution in [0, 0.1) is 5.41 Å². The second-order valence-corrected chi connectivity index (χ2v) is 3.69. The Morgan fingerprint density at radius 2 is 2.33 bits per heavy atom. The van der Waals surface area contributed by atoms with Gasteiger partial charge in [0.1, 0.15) is 0 Å². The number of aromatic nitrogens is 1. The normalized spacial score (nSPS) is 22.2. The predicted octanol–water partition coefficient (Wildman–Crippen LogP) is 0.753. The van der Waals surface area contributed by atoms with Crippen LogP contribution in [0.5, 0.6) is 0 Å². The number of rotatable bonds is 3. The summed E-state index contributed by atoms with van der Waals surface area (Å²) in [7, 11) is 0. The van der Waals surface area contributed by atoms with Crippen LogP contribution in [-0.4, -0.2) is 11.5 Å². The fourth-order valence-corrected chi connectivity index (χ4v) is 1.69.